The Bertz CT molecular complexity index is 3180. The SMILES string of the molecule is c1ccc(-c2ccc(N(c3ccc(C45CC6CC7CC(C4)C765)cc3)c3ccc4cc(C5c6ccccc6Sc6c5n(-c5ccccc5)c5ccccc65)ccc4c3)cc2)cc1. The number of aromatic nitrogens is 1. The van der Waals surface area contributed by atoms with Crippen molar-refractivity contribution < 1.29 is 0 Å². The number of nitrogens with zero attached hydrogens (tertiary/aromatic N) is 2. The molecule has 0 amide bonds. The first kappa shape index (κ1) is 34.4. The molecule has 292 valence electrons. The number of para-hydroxylation sites is 2. The van der Waals surface area contributed by atoms with Crippen LogP contribution in [0.2, 0.25) is 0 Å². The van der Waals surface area contributed by atoms with Crippen molar-refractivity contribution in [3.63, 3.8) is 0 Å². The van der Waals surface area contributed by atoms with E-state index < -0.39 is 0 Å². The molecule has 1 spiro atoms. The van der Waals surface area contributed by atoms with E-state index in [4.69, 9.17) is 0 Å². The van der Waals surface area contributed by atoms with Crippen molar-refractivity contribution in [2.24, 2.45) is 23.2 Å². The van der Waals surface area contributed by atoms with Gasteiger partial charge in [-0.05, 0) is 148 Å². The van der Waals surface area contributed by atoms with Crippen LogP contribution in [-0.4, -0.2) is 4.57 Å². The highest BCUT2D eigenvalue weighted by Crippen LogP contribution is 2.92. The summed E-state index contributed by atoms with van der Waals surface area (Å²) in [6.45, 7) is 0. The van der Waals surface area contributed by atoms with Crippen molar-refractivity contribution in [2.45, 2.75) is 46.8 Å². The Morgan fingerprint density at radius 3 is 1.90 bits per heavy atom. The molecule has 2 heterocycles. The molecule has 0 saturated heterocycles. The molecule has 1 aromatic heterocycles. The first-order chi connectivity index (χ1) is 30.2. The van der Waals surface area contributed by atoms with E-state index in [1.54, 1.807) is 5.56 Å². The molecule has 61 heavy (non-hydrogen) atoms. The van der Waals surface area contributed by atoms with Crippen LogP contribution in [0.3, 0.4) is 0 Å². The molecular formula is C58H44N2S. The number of rotatable bonds is 7. The molecule has 8 aromatic carbocycles. The lowest BCUT2D eigenvalue weighted by Gasteiger charge is -2.91. The largest absolute Gasteiger partial charge is 0.311 e. The van der Waals surface area contributed by atoms with Crippen LogP contribution in [0.5, 0.6) is 0 Å². The van der Waals surface area contributed by atoms with Gasteiger partial charge in [0.2, 0.25) is 0 Å². The summed E-state index contributed by atoms with van der Waals surface area (Å²) in [7, 11) is 0. The second-order valence-electron chi connectivity index (χ2n) is 18.5. The zero-order chi connectivity index (χ0) is 39.9. The standard InChI is InChI=1S/C58H44N2S/c1-3-11-37(12-4-1)38-21-26-47(27-22-38)59(48-29-24-42(25-30-48)57-35-44-33-43-34-45(36-57)58(43,44)57)49-28-23-39-31-41(20-19-40(39)32-49)54-51-16-8-10-18-53(51)61-56-50-15-7-9-17-52(50)60(55(54)56)46-13-5-2-6-14-46/h1-32,43-45,54H,33-36H2. The van der Waals surface area contributed by atoms with Gasteiger partial charge in [-0.2, -0.15) is 0 Å². The van der Waals surface area contributed by atoms with Crippen LogP contribution in [0.15, 0.2) is 204 Å². The molecule has 4 saturated carbocycles. The molecule has 3 atom stereocenters. The van der Waals surface area contributed by atoms with E-state index in [1.165, 1.54) is 108 Å². The van der Waals surface area contributed by atoms with Crippen molar-refractivity contribution in [3.8, 4) is 16.8 Å². The lowest BCUT2D eigenvalue weighted by atomic mass is 9.12. The van der Waals surface area contributed by atoms with Crippen LogP contribution in [0.25, 0.3) is 38.5 Å². The molecule has 9 aromatic rings. The minimum atomic E-state index is 0.0772. The Morgan fingerprint density at radius 2 is 1.15 bits per heavy atom. The molecule has 0 bridgehead atoms. The zero-order valence-corrected chi connectivity index (χ0v) is 34.7. The fourth-order valence-corrected chi connectivity index (χ4v) is 14.9. The minimum Gasteiger partial charge on any atom is -0.311 e. The zero-order valence-electron chi connectivity index (χ0n) is 33.9. The average molecular weight is 801 g/mol. The lowest BCUT2D eigenvalue weighted by Crippen LogP contribution is -2.87. The molecule has 3 unspecified atom stereocenters. The van der Waals surface area contributed by atoms with Crippen molar-refractivity contribution in [1.29, 1.82) is 0 Å². The molecule has 0 radical (unpaired) electrons. The first-order valence-corrected chi connectivity index (χ1v) is 23.0. The van der Waals surface area contributed by atoms with Gasteiger partial charge < -0.3 is 9.47 Å². The maximum Gasteiger partial charge on any atom is 0.0543 e. The van der Waals surface area contributed by atoms with Crippen LogP contribution in [0.1, 0.15) is 54.0 Å². The second-order valence-corrected chi connectivity index (χ2v) is 19.6. The maximum absolute atomic E-state index is 2.51. The fourth-order valence-electron chi connectivity index (χ4n) is 13.7. The summed E-state index contributed by atoms with van der Waals surface area (Å²) in [6, 6.07) is 72.8. The van der Waals surface area contributed by atoms with E-state index >= 15 is 0 Å². The summed E-state index contributed by atoms with van der Waals surface area (Å²) in [6.07, 6.45) is 5.83. The van der Waals surface area contributed by atoms with Gasteiger partial charge in [-0.3, -0.25) is 0 Å². The third-order valence-corrected chi connectivity index (χ3v) is 17.4. The van der Waals surface area contributed by atoms with Gasteiger partial charge in [0.15, 0.2) is 0 Å². The van der Waals surface area contributed by atoms with Crippen molar-refractivity contribution in [2.75, 3.05) is 4.90 Å². The Morgan fingerprint density at radius 1 is 0.525 bits per heavy atom. The predicted octanol–water partition coefficient (Wildman–Crippen LogP) is 15.3. The van der Waals surface area contributed by atoms with Crippen LogP contribution in [0.4, 0.5) is 17.1 Å². The van der Waals surface area contributed by atoms with Crippen LogP contribution in [0, 0.1) is 23.2 Å². The quantitative estimate of drug-likeness (QED) is 0.159. The second kappa shape index (κ2) is 12.6. The lowest BCUT2D eigenvalue weighted by molar-refractivity contribution is -0.395. The van der Waals surface area contributed by atoms with Crippen molar-refractivity contribution >= 4 is 50.5 Å². The highest BCUT2D eigenvalue weighted by atomic mass is 32.2. The molecule has 1 aliphatic heterocycles. The number of benzene rings is 8. The molecular weight excluding hydrogens is 757 g/mol. The van der Waals surface area contributed by atoms with Crippen molar-refractivity contribution in [1.82, 2.24) is 4.57 Å². The molecule has 4 fully saturated rings. The van der Waals surface area contributed by atoms with E-state index in [2.05, 4.69) is 204 Å². The highest BCUT2D eigenvalue weighted by molar-refractivity contribution is 7.99. The summed E-state index contributed by atoms with van der Waals surface area (Å²) in [4.78, 5) is 5.15. The first-order valence-electron chi connectivity index (χ1n) is 22.2. The van der Waals surface area contributed by atoms with E-state index in [0.29, 0.717) is 10.8 Å². The third-order valence-electron chi connectivity index (χ3n) is 16.1. The summed E-state index contributed by atoms with van der Waals surface area (Å²) in [5.41, 5.74) is 15.2. The molecule has 5 aliphatic rings. The third kappa shape index (κ3) is 4.60. The predicted molar refractivity (Wildman–Crippen MR) is 252 cm³/mol. The topological polar surface area (TPSA) is 8.17 Å². The molecule has 2 nitrogen and oxygen atoms in total. The van der Waals surface area contributed by atoms with Gasteiger partial charge in [0.05, 0.1) is 11.4 Å². The molecule has 14 rings (SSSR count). The van der Waals surface area contributed by atoms with Crippen molar-refractivity contribution in [3.05, 3.63) is 217 Å². The average Bonchev–Trinajstić information content (AvgIpc) is 3.62. The Hall–Kier alpha value is -6.29. The van der Waals surface area contributed by atoms with E-state index in [1.807, 2.05) is 11.8 Å². The van der Waals surface area contributed by atoms with E-state index in [0.717, 1.165) is 17.8 Å². The Labute approximate surface area is 361 Å². The molecule has 0 N–H and O–H groups in total. The smallest absolute Gasteiger partial charge is 0.0543 e. The number of hydrogen-bond donors (Lipinski definition) is 0. The van der Waals surface area contributed by atoms with Crippen LogP contribution in [-0.2, 0) is 5.41 Å². The van der Waals surface area contributed by atoms with Gasteiger partial charge in [0.25, 0.3) is 0 Å². The molecule has 4 aliphatic carbocycles. The maximum atomic E-state index is 2.51. The minimum absolute atomic E-state index is 0.0772. The monoisotopic (exact) mass is 800 g/mol. The number of fused-ring (bicyclic) bond motifs is 5. The normalized spacial score (nSPS) is 24.9. The fraction of sp³-hybridized carbons (Fsp3) is 0.172. The summed E-state index contributed by atoms with van der Waals surface area (Å²) >= 11 is 1.92. The van der Waals surface area contributed by atoms with E-state index in [9.17, 15) is 0 Å². The Kier molecular flexibility index (Phi) is 7.13. The Balaban J connectivity index is 0.878. The van der Waals surface area contributed by atoms with Gasteiger partial charge in [-0.25, -0.2) is 0 Å². The van der Waals surface area contributed by atoms with E-state index in [-0.39, 0.29) is 5.92 Å². The van der Waals surface area contributed by atoms with Gasteiger partial charge in [-0.15, -0.1) is 0 Å². The van der Waals surface area contributed by atoms with Gasteiger partial charge >= 0.3 is 0 Å². The van der Waals surface area contributed by atoms with Gasteiger partial charge in [-0.1, -0.05) is 145 Å². The molecule has 3 heteroatoms. The van der Waals surface area contributed by atoms with Gasteiger partial charge in [0, 0.05) is 49.0 Å². The van der Waals surface area contributed by atoms with Crippen LogP contribution < -0.4 is 4.90 Å². The van der Waals surface area contributed by atoms with Gasteiger partial charge in [0.1, 0.15) is 0 Å². The number of anilines is 3. The highest BCUT2D eigenvalue weighted by Gasteiger charge is 2.87. The summed E-state index contributed by atoms with van der Waals surface area (Å²) in [5.74, 6) is 3.09. The van der Waals surface area contributed by atoms with Crippen LogP contribution >= 0.6 is 11.8 Å². The number of hydrogen-bond acceptors (Lipinski definition) is 2. The summed E-state index contributed by atoms with van der Waals surface area (Å²) < 4.78 is 2.51. The summed E-state index contributed by atoms with van der Waals surface area (Å²) in [5, 5.41) is 3.80.